The molecule has 0 atom stereocenters. The minimum Gasteiger partial charge on any atom is -0.493 e. The second-order valence-corrected chi connectivity index (χ2v) is 5.48. The smallest absolute Gasteiger partial charge is 0.222 e. The van der Waals surface area contributed by atoms with Crippen molar-refractivity contribution in [3.05, 3.63) is 29.3 Å². The summed E-state index contributed by atoms with van der Waals surface area (Å²) in [5, 5.41) is 2.89. The van der Waals surface area contributed by atoms with Crippen LogP contribution in [0.5, 0.6) is 5.75 Å². The number of nitrogens with two attached hydrogens (primary N) is 1. The predicted octanol–water partition coefficient (Wildman–Crippen LogP) is 1.37. The zero-order chi connectivity index (χ0) is 13.2. The van der Waals surface area contributed by atoms with Gasteiger partial charge in [-0.1, -0.05) is 12.1 Å². The minimum absolute atomic E-state index is 0.0146. The Morgan fingerprint density at radius 1 is 1.50 bits per heavy atom. The number of carbonyl (C=O) groups is 1. The van der Waals surface area contributed by atoms with Crippen LogP contribution >= 0.6 is 0 Å². The molecule has 2 rings (SSSR count). The number of rotatable bonds is 4. The summed E-state index contributed by atoms with van der Waals surface area (Å²) in [6, 6.07) is 6.05. The standard InChI is InChI=1S/C14H20N2O2/c1-14(2,15)8-13(17)16-9-10-3-4-12-11(7-10)5-6-18-12/h3-4,7H,5-6,8-9,15H2,1-2H3,(H,16,17). The zero-order valence-electron chi connectivity index (χ0n) is 11.0. The van der Waals surface area contributed by atoms with E-state index < -0.39 is 5.54 Å². The fourth-order valence-electron chi connectivity index (χ4n) is 2.03. The van der Waals surface area contributed by atoms with Crippen molar-refractivity contribution >= 4 is 5.91 Å². The van der Waals surface area contributed by atoms with Gasteiger partial charge >= 0.3 is 0 Å². The number of nitrogens with one attached hydrogen (secondary N) is 1. The minimum atomic E-state index is -0.462. The highest BCUT2D eigenvalue weighted by atomic mass is 16.5. The first-order valence-corrected chi connectivity index (χ1v) is 6.24. The lowest BCUT2D eigenvalue weighted by molar-refractivity contribution is -0.122. The zero-order valence-corrected chi connectivity index (χ0v) is 11.0. The lowest BCUT2D eigenvalue weighted by atomic mass is 10.0. The molecule has 4 nitrogen and oxygen atoms in total. The van der Waals surface area contributed by atoms with Crippen LogP contribution in [0.4, 0.5) is 0 Å². The summed E-state index contributed by atoms with van der Waals surface area (Å²) >= 11 is 0. The van der Waals surface area contributed by atoms with E-state index in [1.54, 1.807) is 0 Å². The number of fused-ring (bicyclic) bond motifs is 1. The van der Waals surface area contributed by atoms with Crippen LogP contribution in [0.25, 0.3) is 0 Å². The summed E-state index contributed by atoms with van der Waals surface area (Å²) in [7, 11) is 0. The van der Waals surface area contributed by atoms with Crippen molar-refractivity contribution in [2.24, 2.45) is 5.73 Å². The normalized spacial score (nSPS) is 13.9. The van der Waals surface area contributed by atoms with E-state index in [2.05, 4.69) is 11.4 Å². The summed E-state index contributed by atoms with van der Waals surface area (Å²) in [6.45, 7) is 4.99. The van der Waals surface area contributed by atoms with Gasteiger partial charge in [0.1, 0.15) is 5.75 Å². The van der Waals surface area contributed by atoms with Crippen molar-refractivity contribution in [2.75, 3.05) is 6.61 Å². The van der Waals surface area contributed by atoms with Gasteiger partial charge in [0.15, 0.2) is 0 Å². The third-order valence-corrected chi connectivity index (χ3v) is 2.86. The molecule has 0 aliphatic carbocycles. The molecule has 1 amide bonds. The number of amides is 1. The molecule has 1 aliphatic rings. The van der Waals surface area contributed by atoms with Crippen LogP contribution in [0.1, 0.15) is 31.4 Å². The Kier molecular flexibility index (Phi) is 3.57. The highest BCUT2D eigenvalue weighted by Crippen LogP contribution is 2.25. The molecule has 0 saturated carbocycles. The highest BCUT2D eigenvalue weighted by molar-refractivity contribution is 5.77. The van der Waals surface area contributed by atoms with Crippen LogP contribution in [-0.2, 0) is 17.8 Å². The molecular formula is C14H20N2O2. The number of benzene rings is 1. The van der Waals surface area contributed by atoms with Gasteiger partial charge in [0, 0.05) is 24.9 Å². The number of hydrogen-bond donors (Lipinski definition) is 2. The fourth-order valence-corrected chi connectivity index (χ4v) is 2.03. The van der Waals surface area contributed by atoms with Gasteiger partial charge in [-0.25, -0.2) is 0 Å². The molecule has 3 N–H and O–H groups in total. The Balaban J connectivity index is 1.89. The van der Waals surface area contributed by atoms with Crippen LogP contribution in [-0.4, -0.2) is 18.1 Å². The van der Waals surface area contributed by atoms with E-state index in [9.17, 15) is 4.79 Å². The van der Waals surface area contributed by atoms with Crippen LogP contribution in [0.2, 0.25) is 0 Å². The fraction of sp³-hybridized carbons (Fsp3) is 0.500. The molecule has 0 unspecified atom stereocenters. The van der Waals surface area contributed by atoms with Crippen LogP contribution in [0.15, 0.2) is 18.2 Å². The second kappa shape index (κ2) is 4.98. The van der Waals surface area contributed by atoms with E-state index in [1.807, 2.05) is 26.0 Å². The number of hydrogen-bond acceptors (Lipinski definition) is 3. The van der Waals surface area contributed by atoms with E-state index in [0.717, 1.165) is 24.3 Å². The van der Waals surface area contributed by atoms with E-state index in [4.69, 9.17) is 10.5 Å². The summed E-state index contributed by atoms with van der Waals surface area (Å²) in [6.07, 6.45) is 1.29. The molecule has 0 spiro atoms. The Bertz CT molecular complexity index is 450. The van der Waals surface area contributed by atoms with Crippen molar-refractivity contribution in [3.8, 4) is 5.75 Å². The first-order chi connectivity index (χ1) is 8.44. The quantitative estimate of drug-likeness (QED) is 0.845. The molecular weight excluding hydrogens is 228 g/mol. The molecule has 1 aliphatic heterocycles. The second-order valence-electron chi connectivity index (χ2n) is 5.48. The molecule has 0 radical (unpaired) electrons. The van der Waals surface area contributed by atoms with E-state index in [-0.39, 0.29) is 5.91 Å². The Hall–Kier alpha value is -1.55. The topological polar surface area (TPSA) is 64.4 Å². The van der Waals surface area contributed by atoms with Crippen molar-refractivity contribution in [1.29, 1.82) is 0 Å². The first-order valence-electron chi connectivity index (χ1n) is 6.24. The average Bonchev–Trinajstić information content (AvgIpc) is 2.71. The van der Waals surface area contributed by atoms with Gasteiger partial charge in [-0.2, -0.15) is 0 Å². The van der Waals surface area contributed by atoms with Gasteiger partial charge in [-0.3, -0.25) is 4.79 Å². The third kappa shape index (κ3) is 3.47. The molecule has 98 valence electrons. The highest BCUT2D eigenvalue weighted by Gasteiger charge is 2.16. The first kappa shape index (κ1) is 12.9. The Labute approximate surface area is 108 Å². The average molecular weight is 248 g/mol. The molecule has 0 aromatic heterocycles. The summed E-state index contributed by atoms with van der Waals surface area (Å²) < 4.78 is 5.44. The Morgan fingerprint density at radius 2 is 2.28 bits per heavy atom. The molecule has 4 heteroatoms. The maximum absolute atomic E-state index is 11.6. The van der Waals surface area contributed by atoms with Crippen LogP contribution < -0.4 is 15.8 Å². The van der Waals surface area contributed by atoms with Crippen molar-refractivity contribution in [3.63, 3.8) is 0 Å². The van der Waals surface area contributed by atoms with Crippen molar-refractivity contribution < 1.29 is 9.53 Å². The number of ether oxygens (including phenoxy) is 1. The largest absolute Gasteiger partial charge is 0.493 e. The molecule has 0 saturated heterocycles. The third-order valence-electron chi connectivity index (χ3n) is 2.86. The van der Waals surface area contributed by atoms with Gasteiger partial charge in [-0.15, -0.1) is 0 Å². The van der Waals surface area contributed by atoms with Gasteiger partial charge in [-0.05, 0) is 31.0 Å². The lowest BCUT2D eigenvalue weighted by Crippen LogP contribution is -2.38. The maximum Gasteiger partial charge on any atom is 0.222 e. The molecule has 1 aromatic carbocycles. The Morgan fingerprint density at radius 3 is 3.00 bits per heavy atom. The SMILES string of the molecule is CC(C)(N)CC(=O)NCc1ccc2c(c1)CCO2. The van der Waals surface area contributed by atoms with E-state index in [1.165, 1.54) is 5.56 Å². The lowest BCUT2D eigenvalue weighted by Gasteiger charge is -2.17. The molecule has 1 aromatic rings. The summed E-state index contributed by atoms with van der Waals surface area (Å²) in [4.78, 5) is 11.6. The summed E-state index contributed by atoms with van der Waals surface area (Å²) in [5.74, 6) is 0.951. The molecule has 18 heavy (non-hydrogen) atoms. The number of carbonyl (C=O) groups excluding carboxylic acids is 1. The van der Waals surface area contributed by atoms with Crippen LogP contribution in [0, 0.1) is 0 Å². The van der Waals surface area contributed by atoms with Crippen LogP contribution in [0.3, 0.4) is 0 Å². The predicted molar refractivity (Wildman–Crippen MR) is 70.4 cm³/mol. The van der Waals surface area contributed by atoms with Gasteiger partial charge < -0.3 is 15.8 Å². The molecule has 0 bridgehead atoms. The maximum atomic E-state index is 11.6. The molecule has 0 fully saturated rings. The van der Waals surface area contributed by atoms with Gasteiger partial charge in [0.25, 0.3) is 0 Å². The van der Waals surface area contributed by atoms with Gasteiger partial charge in [0.2, 0.25) is 5.91 Å². The van der Waals surface area contributed by atoms with Gasteiger partial charge in [0.05, 0.1) is 6.61 Å². The monoisotopic (exact) mass is 248 g/mol. The van der Waals surface area contributed by atoms with E-state index >= 15 is 0 Å². The molecule has 1 heterocycles. The van der Waals surface area contributed by atoms with Crippen molar-refractivity contribution in [1.82, 2.24) is 5.32 Å². The van der Waals surface area contributed by atoms with E-state index in [0.29, 0.717) is 13.0 Å². The van der Waals surface area contributed by atoms with Crippen molar-refractivity contribution in [2.45, 2.75) is 38.8 Å². The summed E-state index contributed by atoms with van der Waals surface area (Å²) in [5.41, 5.74) is 7.66.